The van der Waals surface area contributed by atoms with E-state index in [1.807, 2.05) is 30.1 Å². The van der Waals surface area contributed by atoms with Crippen LogP contribution in [0.1, 0.15) is 34.3 Å². The van der Waals surface area contributed by atoms with Gasteiger partial charge in [0.25, 0.3) is 5.91 Å². The van der Waals surface area contributed by atoms with E-state index in [0.717, 1.165) is 31.5 Å². The van der Waals surface area contributed by atoms with Gasteiger partial charge in [-0.2, -0.15) is 0 Å². The Morgan fingerprint density at radius 3 is 2.74 bits per heavy atom. The number of aryl methyl sites for hydroxylation is 2. The maximum Gasteiger partial charge on any atom is 0.254 e. The van der Waals surface area contributed by atoms with Crippen LogP contribution in [-0.2, 0) is 0 Å². The zero-order valence-corrected chi connectivity index (χ0v) is 12.7. The summed E-state index contributed by atoms with van der Waals surface area (Å²) in [5.74, 6) is 0.177. The zero-order valence-electron chi connectivity index (χ0n) is 11.9. The lowest BCUT2D eigenvalue weighted by Gasteiger charge is -2.24. The van der Waals surface area contributed by atoms with Gasteiger partial charge in [-0.3, -0.25) is 4.79 Å². The molecule has 1 aliphatic heterocycles. The monoisotopic (exact) mass is 282 g/mol. The van der Waals surface area contributed by atoms with Gasteiger partial charge in [0, 0.05) is 24.7 Å². The molecule has 4 heteroatoms. The number of likely N-dealkylation sites (N-methyl/N-ethyl adjacent to an activating group) is 1. The third-order valence-electron chi connectivity index (χ3n) is 3.83. The molecule has 0 aromatic heterocycles. The van der Waals surface area contributed by atoms with E-state index in [4.69, 9.17) is 0 Å². The second-order valence-electron chi connectivity index (χ2n) is 5.15. The van der Waals surface area contributed by atoms with Crippen molar-refractivity contribution in [3.8, 4) is 0 Å². The van der Waals surface area contributed by atoms with E-state index in [9.17, 15) is 4.79 Å². The number of benzene rings is 1. The minimum absolute atomic E-state index is 0. The summed E-state index contributed by atoms with van der Waals surface area (Å²) in [6.45, 7) is 5.90. The fourth-order valence-electron chi connectivity index (χ4n) is 2.59. The van der Waals surface area contributed by atoms with Crippen molar-refractivity contribution in [1.29, 1.82) is 0 Å². The van der Waals surface area contributed by atoms with Crippen LogP contribution in [0.3, 0.4) is 0 Å². The molecule has 3 nitrogen and oxygen atoms in total. The highest BCUT2D eigenvalue weighted by Crippen LogP contribution is 2.20. The minimum Gasteiger partial charge on any atom is -0.334 e. The molecule has 1 aromatic carbocycles. The molecule has 1 saturated heterocycles. The average molecular weight is 283 g/mol. The summed E-state index contributed by atoms with van der Waals surface area (Å²) >= 11 is 0. The number of hydrogen-bond donors (Lipinski definition) is 1. The van der Waals surface area contributed by atoms with Crippen molar-refractivity contribution in [1.82, 2.24) is 10.2 Å². The molecular formula is C15H23ClN2O. The third-order valence-corrected chi connectivity index (χ3v) is 3.83. The molecule has 106 valence electrons. The number of nitrogens with one attached hydrogen (secondary N) is 1. The second kappa shape index (κ2) is 6.92. The van der Waals surface area contributed by atoms with E-state index < -0.39 is 0 Å². The van der Waals surface area contributed by atoms with E-state index in [1.165, 1.54) is 11.1 Å². The minimum atomic E-state index is 0. The van der Waals surface area contributed by atoms with Crippen LogP contribution in [0.15, 0.2) is 18.2 Å². The van der Waals surface area contributed by atoms with Gasteiger partial charge in [-0.05, 0) is 57.0 Å². The van der Waals surface area contributed by atoms with Gasteiger partial charge in [0.2, 0.25) is 0 Å². The first-order valence-corrected chi connectivity index (χ1v) is 6.66. The molecule has 19 heavy (non-hydrogen) atoms. The van der Waals surface area contributed by atoms with Gasteiger partial charge >= 0.3 is 0 Å². The molecule has 1 fully saturated rings. The van der Waals surface area contributed by atoms with Gasteiger partial charge in [0.1, 0.15) is 0 Å². The zero-order chi connectivity index (χ0) is 13.1. The summed E-state index contributed by atoms with van der Waals surface area (Å²) in [6, 6.07) is 6.33. The first kappa shape index (κ1) is 16.0. The summed E-state index contributed by atoms with van der Waals surface area (Å²) in [6.07, 6.45) is 2.22. The number of nitrogens with zero attached hydrogens (tertiary/aromatic N) is 1. The Morgan fingerprint density at radius 2 is 2.11 bits per heavy atom. The summed E-state index contributed by atoms with van der Waals surface area (Å²) in [7, 11) is 1.94. The fraction of sp³-hybridized carbons (Fsp3) is 0.533. The van der Waals surface area contributed by atoms with Crippen molar-refractivity contribution in [2.75, 3.05) is 20.1 Å². The Morgan fingerprint density at radius 1 is 1.37 bits per heavy atom. The van der Waals surface area contributed by atoms with Crippen molar-refractivity contribution in [3.05, 3.63) is 34.9 Å². The van der Waals surface area contributed by atoms with E-state index >= 15 is 0 Å². The standard InChI is InChI=1S/C15H22N2O.ClH/c1-11-6-7-13(9-12(11)2)15(18)17-8-4-5-14(17)10-16-3;/h6-7,9,14,16H,4-5,8,10H2,1-3H3;1H. The van der Waals surface area contributed by atoms with Crippen molar-refractivity contribution < 1.29 is 4.79 Å². The van der Waals surface area contributed by atoms with Crippen molar-refractivity contribution in [2.24, 2.45) is 0 Å². The lowest BCUT2D eigenvalue weighted by atomic mass is 10.1. The average Bonchev–Trinajstić information content (AvgIpc) is 2.80. The number of hydrogen-bond acceptors (Lipinski definition) is 2. The highest BCUT2D eigenvalue weighted by Gasteiger charge is 2.28. The van der Waals surface area contributed by atoms with Crippen LogP contribution in [0.5, 0.6) is 0 Å². The SMILES string of the molecule is CNCC1CCCN1C(=O)c1ccc(C)c(C)c1.Cl. The maximum atomic E-state index is 12.5. The predicted octanol–water partition coefficient (Wildman–Crippen LogP) is 2.55. The molecule has 2 rings (SSSR count). The Labute approximate surface area is 121 Å². The maximum absolute atomic E-state index is 12.5. The van der Waals surface area contributed by atoms with Gasteiger partial charge in [-0.1, -0.05) is 6.07 Å². The quantitative estimate of drug-likeness (QED) is 0.924. The van der Waals surface area contributed by atoms with Crippen molar-refractivity contribution in [3.63, 3.8) is 0 Å². The molecule has 0 bridgehead atoms. The van der Waals surface area contributed by atoms with Crippen molar-refractivity contribution in [2.45, 2.75) is 32.7 Å². The molecule has 1 aliphatic rings. The summed E-state index contributed by atoms with van der Waals surface area (Å²) in [5.41, 5.74) is 3.24. The number of likely N-dealkylation sites (tertiary alicyclic amines) is 1. The number of carbonyl (C=O) groups excluding carboxylic acids is 1. The van der Waals surface area contributed by atoms with E-state index in [2.05, 4.69) is 19.2 Å². The number of rotatable bonds is 3. The normalized spacial score (nSPS) is 18.3. The van der Waals surface area contributed by atoms with E-state index in [1.54, 1.807) is 0 Å². The summed E-state index contributed by atoms with van der Waals surface area (Å²) in [4.78, 5) is 14.5. The van der Waals surface area contributed by atoms with Gasteiger partial charge in [0.15, 0.2) is 0 Å². The Bertz CT molecular complexity index is 448. The number of amides is 1. The Hall–Kier alpha value is -1.06. The van der Waals surface area contributed by atoms with Crippen LogP contribution in [0, 0.1) is 13.8 Å². The van der Waals surface area contributed by atoms with Gasteiger partial charge in [-0.25, -0.2) is 0 Å². The smallest absolute Gasteiger partial charge is 0.254 e. The van der Waals surface area contributed by atoms with E-state index in [0.29, 0.717) is 6.04 Å². The lowest BCUT2D eigenvalue weighted by Crippen LogP contribution is -2.40. The highest BCUT2D eigenvalue weighted by atomic mass is 35.5. The van der Waals surface area contributed by atoms with Crippen LogP contribution >= 0.6 is 12.4 Å². The molecule has 1 unspecified atom stereocenters. The summed E-state index contributed by atoms with van der Waals surface area (Å²) < 4.78 is 0. The van der Waals surface area contributed by atoms with Gasteiger partial charge < -0.3 is 10.2 Å². The van der Waals surface area contributed by atoms with E-state index in [-0.39, 0.29) is 18.3 Å². The number of carbonyl (C=O) groups is 1. The molecule has 0 aliphatic carbocycles. The molecule has 1 aromatic rings. The summed E-state index contributed by atoms with van der Waals surface area (Å²) in [5, 5.41) is 3.17. The molecule has 0 spiro atoms. The van der Waals surface area contributed by atoms with Crippen LogP contribution in [-0.4, -0.2) is 37.0 Å². The van der Waals surface area contributed by atoms with Crippen LogP contribution < -0.4 is 5.32 Å². The van der Waals surface area contributed by atoms with Crippen molar-refractivity contribution >= 4 is 18.3 Å². The van der Waals surface area contributed by atoms with Gasteiger partial charge in [-0.15, -0.1) is 12.4 Å². The predicted molar refractivity (Wildman–Crippen MR) is 81.1 cm³/mol. The lowest BCUT2D eigenvalue weighted by molar-refractivity contribution is 0.0737. The van der Waals surface area contributed by atoms with Crippen LogP contribution in [0.25, 0.3) is 0 Å². The van der Waals surface area contributed by atoms with Crippen LogP contribution in [0.4, 0.5) is 0 Å². The fourth-order valence-corrected chi connectivity index (χ4v) is 2.59. The molecular weight excluding hydrogens is 260 g/mol. The topological polar surface area (TPSA) is 32.3 Å². The second-order valence-corrected chi connectivity index (χ2v) is 5.15. The van der Waals surface area contributed by atoms with Gasteiger partial charge in [0.05, 0.1) is 0 Å². The molecule has 1 amide bonds. The number of halogens is 1. The molecule has 1 heterocycles. The Kier molecular flexibility index (Phi) is 5.83. The molecule has 0 saturated carbocycles. The Balaban J connectivity index is 0.00000180. The molecule has 1 N–H and O–H groups in total. The van der Waals surface area contributed by atoms with Crippen LogP contribution in [0.2, 0.25) is 0 Å². The largest absolute Gasteiger partial charge is 0.334 e. The first-order chi connectivity index (χ1) is 8.63. The third kappa shape index (κ3) is 3.48. The molecule has 1 atom stereocenters. The molecule has 0 radical (unpaired) electrons. The first-order valence-electron chi connectivity index (χ1n) is 6.66. The highest BCUT2D eigenvalue weighted by molar-refractivity contribution is 5.94.